The molecule has 0 aliphatic rings. The highest BCUT2D eigenvalue weighted by Gasteiger charge is 2.12. The van der Waals surface area contributed by atoms with Crippen LogP contribution in [0, 0.1) is 6.92 Å². The highest BCUT2D eigenvalue weighted by molar-refractivity contribution is 5.93. The van der Waals surface area contributed by atoms with Crippen LogP contribution < -0.4 is 5.32 Å². The molecule has 0 aliphatic heterocycles. The fourth-order valence-corrected chi connectivity index (χ4v) is 1.75. The van der Waals surface area contributed by atoms with Crippen molar-refractivity contribution in [2.24, 2.45) is 0 Å². The number of hydrogen-bond donors (Lipinski definition) is 2. The van der Waals surface area contributed by atoms with E-state index in [0.29, 0.717) is 0 Å². The molecule has 0 saturated carbocycles. The first-order chi connectivity index (χ1) is 8.91. The summed E-state index contributed by atoms with van der Waals surface area (Å²) < 4.78 is 4.76. The molecule has 1 amide bonds. The van der Waals surface area contributed by atoms with E-state index in [2.05, 4.69) is 5.32 Å². The number of para-hydroxylation sites is 1. The van der Waals surface area contributed by atoms with E-state index in [-0.39, 0.29) is 18.4 Å². The standard InChI is InChI=1S/C14H19NO4/c1-9(2)11-6-4-5-10(3)14(11)15-12(16)7-19-8-13(17)18/h4-6,9H,7-8H2,1-3H3,(H,15,16)(H,17,18). The summed E-state index contributed by atoms with van der Waals surface area (Å²) in [4.78, 5) is 22.0. The zero-order valence-corrected chi connectivity index (χ0v) is 11.4. The van der Waals surface area contributed by atoms with E-state index in [1.807, 2.05) is 39.0 Å². The number of amides is 1. The Hall–Kier alpha value is -1.88. The predicted octanol–water partition coefficient (Wildman–Crippen LogP) is 2.16. The van der Waals surface area contributed by atoms with Gasteiger partial charge in [0.05, 0.1) is 0 Å². The molecular formula is C14H19NO4. The van der Waals surface area contributed by atoms with Gasteiger partial charge in [0.1, 0.15) is 13.2 Å². The van der Waals surface area contributed by atoms with Crippen LogP contribution in [0.5, 0.6) is 0 Å². The Bertz CT molecular complexity index is 469. The number of carbonyl (C=O) groups is 2. The molecule has 0 radical (unpaired) electrons. The normalized spacial score (nSPS) is 10.5. The lowest BCUT2D eigenvalue weighted by Crippen LogP contribution is -2.22. The second-order valence-corrected chi connectivity index (χ2v) is 4.63. The van der Waals surface area contributed by atoms with Crippen molar-refractivity contribution >= 4 is 17.6 Å². The summed E-state index contributed by atoms with van der Waals surface area (Å²) in [7, 11) is 0. The van der Waals surface area contributed by atoms with Crippen LogP contribution in [0.2, 0.25) is 0 Å². The van der Waals surface area contributed by atoms with Gasteiger partial charge < -0.3 is 15.2 Å². The van der Waals surface area contributed by atoms with Gasteiger partial charge in [0.2, 0.25) is 5.91 Å². The molecule has 0 aliphatic carbocycles. The molecule has 19 heavy (non-hydrogen) atoms. The summed E-state index contributed by atoms with van der Waals surface area (Å²) in [5, 5.41) is 11.2. The Kier molecular flexibility index (Phi) is 5.51. The Morgan fingerprint density at radius 2 is 2.00 bits per heavy atom. The predicted molar refractivity (Wildman–Crippen MR) is 72.4 cm³/mol. The third-order valence-electron chi connectivity index (χ3n) is 2.65. The van der Waals surface area contributed by atoms with Crippen LogP contribution in [0.4, 0.5) is 5.69 Å². The summed E-state index contributed by atoms with van der Waals surface area (Å²) in [6.45, 7) is 5.27. The maximum absolute atomic E-state index is 11.7. The third kappa shape index (κ3) is 4.71. The fraction of sp³-hybridized carbons (Fsp3) is 0.429. The number of nitrogens with one attached hydrogen (secondary N) is 1. The van der Waals surface area contributed by atoms with Gasteiger partial charge in [-0.25, -0.2) is 4.79 Å². The fourth-order valence-electron chi connectivity index (χ4n) is 1.75. The molecule has 1 aromatic carbocycles. The number of rotatable bonds is 6. The average molecular weight is 265 g/mol. The SMILES string of the molecule is Cc1cccc(C(C)C)c1NC(=O)COCC(=O)O. The molecule has 0 heterocycles. The number of carboxylic acid groups (broad SMARTS) is 1. The van der Waals surface area contributed by atoms with Crippen LogP contribution in [0.25, 0.3) is 0 Å². The number of hydrogen-bond acceptors (Lipinski definition) is 3. The van der Waals surface area contributed by atoms with Crippen molar-refractivity contribution in [3.05, 3.63) is 29.3 Å². The van der Waals surface area contributed by atoms with Gasteiger partial charge in [-0.05, 0) is 24.0 Å². The first kappa shape index (κ1) is 15.2. The molecule has 0 aromatic heterocycles. The highest BCUT2D eigenvalue weighted by atomic mass is 16.5. The van der Waals surface area contributed by atoms with Crippen LogP contribution in [0.15, 0.2) is 18.2 Å². The number of carbonyl (C=O) groups excluding carboxylic acids is 1. The number of anilines is 1. The molecule has 5 nitrogen and oxygen atoms in total. The minimum Gasteiger partial charge on any atom is -0.480 e. The van der Waals surface area contributed by atoms with Gasteiger partial charge in [-0.15, -0.1) is 0 Å². The number of ether oxygens (including phenoxy) is 1. The first-order valence-electron chi connectivity index (χ1n) is 6.10. The van der Waals surface area contributed by atoms with Crippen molar-refractivity contribution in [1.82, 2.24) is 0 Å². The van der Waals surface area contributed by atoms with Crippen molar-refractivity contribution in [2.75, 3.05) is 18.5 Å². The largest absolute Gasteiger partial charge is 0.480 e. The van der Waals surface area contributed by atoms with Crippen molar-refractivity contribution in [3.8, 4) is 0 Å². The van der Waals surface area contributed by atoms with E-state index in [1.54, 1.807) is 0 Å². The molecule has 0 atom stereocenters. The Morgan fingerprint density at radius 1 is 1.32 bits per heavy atom. The minimum absolute atomic E-state index is 0.266. The smallest absolute Gasteiger partial charge is 0.329 e. The zero-order valence-electron chi connectivity index (χ0n) is 11.4. The van der Waals surface area contributed by atoms with Crippen LogP contribution in [-0.4, -0.2) is 30.2 Å². The van der Waals surface area contributed by atoms with Crippen LogP contribution >= 0.6 is 0 Å². The van der Waals surface area contributed by atoms with Gasteiger partial charge in [-0.3, -0.25) is 4.79 Å². The molecule has 1 aromatic rings. The van der Waals surface area contributed by atoms with Crippen molar-refractivity contribution in [2.45, 2.75) is 26.7 Å². The summed E-state index contributed by atoms with van der Waals surface area (Å²) in [5.74, 6) is -1.15. The summed E-state index contributed by atoms with van der Waals surface area (Å²) in [5.41, 5.74) is 2.80. The topological polar surface area (TPSA) is 75.6 Å². The van der Waals surface area contributed by atoms with Gasteiger partial charge in [-0.2, -0.15) is 0 Å². The second kappa shape index (κ2) is 6.89. The zero-order chi connectivity index (χ0) is 14.4. The number of aliphatic carboxylic acids is 1. The number of aryl methyl sites for hydroxylation is 1. The van der Waals surface area contributed by atoms with E-state index in [0.717, 1.165) is 16.8 Å². The van der Waals surface area contributed by atoms with Crippen molar-refractivity contribution < 1.29 is 19.4 Å². The van der Waals surface area contributed by atoms with Crippen molar-refractivity contribution in [3.63, 3.8) is 0 Å². The highest BCUT2D eigenvalue weighted by Crippen LogP contribution is 2.27. The molecule has 1 rings (SSSR count). The molecule has 0 saturated heterocycles. The number of carboxylic acids is 1. The maximum atomic E-state index is 11.7. The van der Waals surface area contributed by atoms with Gasteiger partial charge in [0, 0.05) is 5.69 Å². The average Bonchev–Trinajstić information content (AvgIpc) is 2.30. The van der Waals surface area contributed by atoms with Gasteiger partial charge >= 0.3 is 5.97 Å². The van der Waals surface area contributed by atoms with E-state index in [4.69, 9.17) is 9.84 Å². The van der Waals surface area contributed by atoms with E-state index < -0.39 is 12.6 Å². The van der Waals surface area contributed by atoms with E-state index in [1.165, 1.54) is 0 Å². The van der Waals surface area contributed by atoms with Gasteiger partial charge in [0.25, 0.3) is 0 Å². The minimum atomic E-state index is -1.09. The first-order valence-corrected chi connectivity index (χ1v) is 6.10. The summed E-state index contributed by atoms with van der Waals surface area (Å²) in [6.07, 6.45) is 0. The molecule has 104 valence electrons. The van der Waals surface area contributed by atoms with Gasteiger partial charge in [0.15, 0.2) is 0 Å². The summed E-state index contributed by atoms with van der Waals surface area (Å²) in [6, 6.07) is 5.83. The Labute approximate surface area is 112 Å². The number of benzene rings is 1. The maximum Gasteiger partial charge on any atom is 0.329 e. The lowest BCUT2D eigenvalue weighted by molar-refractivity contribution is -0.143. The van der Waals surface area contributed by atoms with Crippen LogP contribution in [0.1, 0.15) is 30.9 Å². The molecule has 0 unspecified atom stereocenters. The van der Waals surface area contributed by atoms with Crippen molar-refractivity contribution in [1.29, 1.82) is 0 Å². The third-order valence-corrected chi connectivity index (χ3v) is 2.65. The molecule has 0 fully saturated rings. The van der Waals surface area contributed by atoms with Crippen LogP contribution in [0.3, 0.4) is 0 Å². The quantitative estimate of drug-likeness (QED) is 0.826. The summed E-state index contributed by atoms with van der Waals surface area (Å²) >= 11 is 0. The molecule has 5 heteroatoms. The van der Waals surface area contributed by atoms with Gasteiger partial charge in [-0.1, -0.05) is 32.0 Å². The molecular weight excluding hydrogens is 246 g/mol. The van der Waals surface area contributed by atoms with E-state index >= 15 is 0 Å². The molecule has 2 N–H and O–H groups in total. The Balaban J connectivity index is 2.71. The molecule has 0 bridgehead atoms. The van der Waals surface area contributed by atoms with Crippen LogP contribution in [-0.2, 0) is 14.3 Å². The monoisotopic (exact) mass is 265 g/mol. The second-order valence-electron chi connectivity index (χ2n) is 4.63. The Morgan fingerprint density at radius 3 is 2.58 bits per heavy atom. The lowest BCUT2D eigenvalue weighted by Gasteiger charge is -2.16. The van der Waals surface area contributed by atoms with E-state index in [9.17, 15) is 9.59 Å². The molecule has 0 spiro atoms. The lowest BCUT2D eigenvalue weighted by atomic mass is 9.98.